The Hall–Kier alpha value is -3.90. The Morgan fingerprint density at radius 2 is 1.88 bits per heavy atom. The summed E-state index contributed by atoms with van der Waals surface area (Å²) in [7, 11) is 0. The molecular weight excluding hydrogens is 414 g/mol. The minimum Gasteiger partial charge on any atom is -0.494 e. The van der Waals surface area contributed by atoms with Crippen molar-refractivity contribution < 1.29 is 14.4 Å². The van der Waals surface area contributed by atoms with E-state index in [4.69, 9.17) is 10.1 Å². The maximum absolute atomic E-state index is 12.1. The minimum atomic E-state index is -1.42. The van der Waals surface area contributed by atoms with Crippen LogP contribution in [0.15, 0.2) is 65.6 Å². The van der Waals surface area contributed by atoms with Crippen molar-refractivity contribution >= 4 is 5.87 Å². The number of ether oxygens (including phenoxy) is 1. The summed E-state index contributed by atoms with van der Waals surface area (Å²) in [5.74, 6) is 2.24. The van der Waals surface area contributed by atoms with Gasteiger partial charge in [0.15, 0.2) is 12.4 Å². The molecule has 1 aromatic carbocycles. The molecular formula is C26H26N5O2+. The summed E-state index contributed by atoms with van der Waals surface area (Å²) >= 11 is 0. The molecule has 166 valence electrons. The molecule has 7 heteroatoms. The second kappa shape index (κ2) is 8.92. The van der Waals surface area contributed by atoms with Gasteiger partial charge in [-0.1, -0.05) is 12.1 Å². The van der Waals surface area contributed by atoms with Gasteiger partial charge in [-0.3, -0.25) is 5.41 Å². The molecule has 0 amide bonds. The lowest BCUT2D eigenvalue weighted by Gasteiger charge is -2.43. The molecule has 1 saturated carbocycles. The average Bonchev–Trinajstić information content (AvgIpc) is 3.67. The van der Waals surface area contributed by atoms with Crippen LogP contribution in [0.25, 0.3) is 0 Å². The summed E-state index contributed by atoms with van der Waals surface area (Å²) in [6, 6.07) is 15.1. The number of rotatable bonds is 6. The van der Waals surface area contributed by atoms with Crippen molar-refractivity contribution in [2.24, 2.45) is 5.92 Å². The second-order valence-corrected chi connectivity index (χ2v) is 8.48. The Bertz CT molecular complexity index is 1210. The zero-order valence-electron chi connectivity index (χ0n) is 18.7. The highest BCUT2D eigenvalue weighted by molar-refractivity contribution is 5.71. The Balaban J connectivity index is 1.98. The largest absolute Gasteiger partial charge is 0.494 e. The lowest BCUT2D eigenvalue weighted by molar-refractivity contribution is -0.742. The number of nitriles is 2. The number of aromatic nitrogens is 1. The van der Waals surface area contributed by atoms with Crippen LogP contribution >= 0.6 is 0 Å². The fraction of sp³-hybridized carbons (Fsp3) is 0.346. The molecule has 1 aliphatic heterocycles. The van der Waals surface area contributed by atoms with Gasteiger partial charge in [-0.2, -0.15) is 15.1 Å². The van der Waals surface area contributed by atoms with Crippen LogP contribution in [0.5, 0.6) is 5.75 Å². The molecule has 1 aliphatic carbocycles. The first-order valence-electron chi connectivity index (χ1n) is 11.0. The van der Waals surface area contributed by atoms with E-state index in [-0.39, 0.29) is 17.2 Å². The molecule has 2 aromatic rings. The number of nitrogens with zero attached hydrogens (tertiary/aromatic N) is 3. The van der Waals surface area contributed by atoms with Crippen molar-refractivity contribution in [1.29, 1.82) is 15.9 Å². The maximum atomic E-state index is 12.1. The Morgan fingerprint density at radius 3 is 2.39 bits per heavy atom. The van der Waals surface area contributed by atoms with Crippen molar-refractivity contribution in [2.75, 3.05) is 6.61 Å². The fourth-order valence-corrected chi connectivity index (χ4v) is 4.63. The number of pyridine rings is 1. The van der Waals surface area contributed by atoms with Crippen molar-refractivity contribution in [2.45, 2.75) is 44.4 Å². The van der Waals surface area contributed by atoms with Gasteiger partial charge in [0.1, 0.15) is 17.4 Å². The lowest BCUT2D eigenvalue weighted by atomic mass is 9.73. The number of aryl methyl sites for hydroxylation is 1. The number of nitrogens with one attached hydrogen (secondary N) is 2. The van der Waals surface area contributed by atoms with E-state index in [0.717, 1.165) is 24.0 Å². The molecule has 0 spiro atoms. The molecule has 0 radical (unpaired) electrons. The van der Waals surface area contributed by atoms with Crippen molar-refractivity contribution in [3.05, 3.63) is 76.8 Å². The fourth-order valence-electron chi connectivity index (χ4n) is 4.63. The summed E-state index contributed by atoms with van der Waals surface area (Å²) in [6.45, 7) is 4.45. The van der Waals surface area contributed by atoms with E-state index >= 15 is 0 Å². The standard InChI is InChI=1S/C26H26N5O2/c1-3-33-21-8-4-18(5-9-21)23-22(16-29)24(19(14-27)15-28)30-26(32,20-6-7-20)25(23)31-12-10-17(2)11-13-31/h4-5,8-13,20,23,25,27,30,32H,3,6-7H2,1-2H3/q+1/t23-,25-,26-/m1/s1. The SMILES string of the molecule is CCOc1ccc([C@@H]2C(C#N)=C(C(=C=N)C#N)N[C@@](O)(C3CC3)[C@@H]2[n+]2ccc(C)cc2)cc1. The summed E-state index contributed by atoms with van der Waals surface area (Å²) in [5.41, 5.74) is 0.837. The zero-order chi connectivity index (χ0) is 23.6. The number of benzene rings is 1. The monoisotopic (exact) mass is 440 g/mol. The highest BCUT2D eigenvalue weighted by Gasteiger charge is 2.61. The van der Waals surface area contributed by atoms with Crippen molar-refractivity contribution in [3.63, 3.8) is 0 Å². The third kappa shape index (κ3) is 4.01. The number of hydrogen-bond acceptors (Lipinski definition) is 6. The smallest absolute Gasteiger partial charge is 0.216 e. The third-order valence-corrected chi connectivity index (χ3v) is 6.37. The van der Waals surface area contributed by atoms with Crippen molar-refractivity contribution in [3.8, 4) is 17.9 Å². The molecule has 0 unspecified atom stereocenters. The van der Waals surface area contributed by atoms with E-state index in [9.17, 15) is 15.6 Å². The lowest BCUT2D eigenvalue weighted by Crippen LogP contribution is -2.66. The van der Waals surface area contributed by atoms with Crippen LogP contribution in [-0.4, -0.2) is 23.3 Å². The molecule has 7 nitrogen and oxygen atoms in total. The number of hydrogen-bond donors (Lipinski definition) is 3. The highest BCUT2D eigenvalue weighted by atomic mass is 16.5. The number of aliphatic hydroxyl groups is 1. The summed E-state index contributed by atoms with van der Waals surface area (Å²) in [5, 5.41) is 42.6. The predicted octanol–water partition coefficient (Wildman–Crippen LogP) is 3.18. The maximum Gasteiger partial charge on any atom is 0.216 e. The van der Waals surface area contributed by atoms with Crippen LogP contribution in [0.1, 0.15) is 42.9 Å². The first kappa shape index (κ1) is 22.3. The van der Waals surface area contributed by atoms with Crippen LogP contribution in [0.4, 0.5) is 0 Å². The van der Waals surface area contributed by atoms with Crippen molar-refractivity contribution in [1.82, 2.24) is 5.32 Å². The molecule has 0 saturated heterocycles. The van der Waals surface area contributed by atoms with E-state index in [0.29, 0.717) is 17.9 Å². The van der Waals surface area contributed by atoms with E-state index in [2.05, 4.69) is 17.3 Å². The average molecular weight is 441 g/mol. The van der Waals surface area contributed by atoms with E-state index in [1.165, 1.54) is 0 Å². The quantitative estimate of drug-likeness (QED) is 0.362. The van der Waals surface area contributed by atoms with Gasteiger partial charge in [0.2, 0.25) is 11.8 Å². The van der Waals surface area contributed by atoms with Crippen LogP contribution in [0, 0.1) is 40.9 Å². The van der Waals surface area contributed by atoms with E-state index < -0.39 is 17.7 Å². The predicted molar refractivity (Wildman–Crippen MR) is 121 cm³/mol. The van der Waals surface area contributed by atoms with E-state index in [1.54, 1.807) is 0 Å². The normalized spacial score (nSPS) is 24.2. The van der Waals surface area contributed by atoms with Crippen LogP contribution < -0.4 is 14.6 Å². The van der Waals surface area contributed by atoms with Gasteiger partial charge in [0.05, 0.1) is 29.9 Å². The van der Waals surface area contributed by atoms with Crippen LogP contribution in [-0.2, 0) is 0 Å². The summed E-state index contributed by atoms with van der Waals surface area (Å²) < 4.78 is 7.52. The molecule has 4 rings (SSSR count). The van der Waals surface area contributed by atoms with Crippen LogP contribution in [0.2, 0.25) is 0 Å². The molecule has 3 atom stereocenters. The molecule has 3 N–H and O–H groups in total. The molecule has 33 heavy (non-hydrogen) atoms. The van der Waals surface area contributed by atoms with Gasteiger partial charge in [-0.15, -0.1) is 0 Å². The number of allylic oxidation sites excluding steroid dienone is 2. The second-order valence-electron chi connectivity index (χ2n) is 8.48. The van der Waals surface area contributed by atoms with Gasteiger partial charge in [0.25, 0.3) is 0 Å². The molecule has 1 fully saturated rings. The highest BCUT2D eigenvalue weighted by Crippen LogP contribution is 2.52. The molecule has 1 aromatic heterocycles. The Labute approximate surface area is 193 Å². The van der Waals surface area contributed by atoms with Gasteiger partial charge in [-0.05, 0) is 55.8 Å². The van der Waals surface area contributed by atoms with Gasteiger partial charge in [0, 0.05) is 18.1 Å². The van der Waals surface area contributed by atoms with Crippen LogP contribution in [0.3, 0.4) is 0 Å². The molecule has 0 bridgehead atoms. The first-order valence-corrected chi connectivity index (χ1v) is 11.0. The summed E-state index contributed by atoms with van der Waals surface area (Å²) in [6.07, 6.45) is 5.48. The topological polar surface area (TPSA) is 117 Å². The minimum absolute atomic E-state index is 0.0533. The zero-order valence-corrected chi connectivity index (χ0v) is 18.7. The van der Waals surface area contributed by atoms with Gasteiger partial charge in [-0.25, -0.2) is 0 Å². The Morgan fingerprint density at radius 1 is 1.21 bits per heavy atom. The Kier molecular flexibility index (Phi) is 6.03. The van der Waals surface area contributed by atoms with Gasteiger partial charge < -0.3 is 15.2 Å². The summed E-state index contributed by atoms with van der Waals surface area (Å²) in [4.78, 5) is 0. The third-order valence-electron chi connectivity index (χ3n) is 6.37. The van der Waals surface area contributed by atoms with E-state index in [1.807, 2.05) is 73.3 Å². The first-order chi connectivity index (χ1) is 16.0. The molecule has 2 heterocycles. The van der Waals surface area contributed by atoms with Gasteiger partial charge >= 0.3 is 0 Å². The molecule has 2 aliphatic rings.